The standard InChI is InChI=1S/C12H16ClFN2O3S/c1-8-4-11(9(13)5-10(8)14)20(18,19)16-7-12(17)2-3-15-6-12/h4-5,15-17H,2-3,6-7H2,1H3. The van der Waals surface area contributed by atoms with Gasteiger partial charge in [-0.3, -0.25) is 0 Å². The average molecular weight is 323 g/mol. The van der Waals surface area contributed by atoms with Crippen LogP contribution >= 0.6 is 11.6 Å². The molecule has 1 atom stereocenters. The molecule has 3 N–H and O–H groups in total. The summed E-state index contributed by atoms with van der Waals surface area (Å²) in [6, 6.07) is 2.15. The van der Waals surface area contributed by atoms with Gasteiger partial charge in [-0.05, 0) is 37.6 Å². The second kappa shape index (κ2) is 5.57. The summed E-state index contributed by atoms with van der Waals surface area (Å²) >= 11 is 5.78. The van der Waals surface area contributed by atoms with Crippen molar-refractivity contribution in [2.75, 3.05) is 19.6 Å². The van der Waals surface area contributed by atoms with Gasteiger partial charge in [-0.2, -0.15) is 0 Å². The Labute approximate surface area is 122 Å². The van der Waals surface area contributed by atoms with Gasteiger partial charge in [-0.15, -0.1) is 0 Å². The van der Waals surface area contributed by atoms with Crippen LogP contribution in [0.4, 0.5) is 4.39 Å². The molecule has 1 aromatic rings. The van der Waals surface area contributed by atoms with Crippen LogP contribution in [-0.2, 0) is 10.0 Å². The summed E-state index contributed by atoms with van der Waals surface area (Å²) in [6.45, 7) is 2.30. The molecule has 1 aliphatic rings. The van der Waals surface area contributed by atoms with Crippen molar-refractivity contribution < 1.29 is 17.9 Å². The normalized spacial score (nSPS) is 23.2. The minimum Gasteiger partial charge on any atom is -0.387 e. The van der Waals surface area contributed by atoms with Crippen molar-refractivity contribution in [3.05, 3.63) is 28.5 Å². The highest BCUT2D eigenvalue weighted by molar-refractivity contribution is 7.89. The predicted octanol–water partition coefficient (Wildman–Crippen LogP) is 0.790. The first-order valence-corrected chi connectivity index (χ1v) is 7.98. The zero-order valence-corrected chi connectivity index (χ0v) is 12.5. The second-order valence-corrected chi connectivity index (χ2v) is 7.15. The van der Waals surface area contributed by atoms with Gasteiger partial charge in [0.2, 0.25) is 10.0 Å². The highest BCUT2D eigenvalue weighted by Gasteiger charge is 2.33. The van der Waals surface area contributed by atoms with Crippen molar-refractivity contribution in [2.24, 2.45) is 0 Å². The minimum atomic E-state index is -3.89. The smallest absolute Gasteiger partial charge is 0.242 e. The van der Waals surface area contributed by atoms with E-state index in [-0.39, 0.29) is 22.0 Å². The van der Waals surface area contributed by atoms with E-state index in [2.05, 4.69) is 10.0 Å². The summed E-state index contributed by atoms with van der Waals surface area (Å²) in [4.78, 5) is -0.187. The number of rotatable bonds is 4. The van der Waals surface area contributed by atoms with E-state index in [4.69, 9.17) is 11.6 Å². The van der Waals surface area contributed by atoms with E-state index in [0.717, 1.165) is 6.07 Å². The summed E-state index contributed by atoms with van der Waals surface area (Å²) in [5.41, 5.74) is -0.912. The maximum atomic E-state index is 13.3. The van der Waals surface area contributed by atoms with Crippen LogP contribution in [0.2, 0.25) is 5.02 Å². The Morgan fingerprint density at radius 3 is 2.85 bits per heavy atom. The number of aliphatic hydroxyl groups is 1. The Hall–Kier alpha value is -0.730. The van der Waals surface area contributed by atoms with E-state index in [1.54, 1.807) is 0 Å². The van der Waals surface area contributed by atoms with E-state index in [1.807, 2.05) is 0 Å². The molecule has 1 fully saturated rings. The molecule has 1 heterocycles. The Morgan fingerprint density at radius 2 is 2.25 bits per heavy atom. The number of aryl methyl sites for hydroxylation is 1. The molecule has 2 rings (SSSR count). The summed E-state index contributed by atoms with van der Waals surface area (Å²) in [5.74, 6) is -0.562. The van der Waals surface area contributed by atoms with Gasteiger partial charge in [-0.25, -0.2) is 17.5 Å². The number of hydrogen-bond donors (Lipinski definition) is 3. The molecular weight excluding hydrogens is 307 g/mol. The summed E-state index contributed by atoms with van der Waals surface area (Å²) in [7, 11) is -3.89. The molecule has 8 heteroatoms. The maximum Gasteiger partial charge on any atom is 0.242 e. The fourth-order valence-corrected chi connectivity index (χ4v) is 3.74. The van der Waals surface area contributed by atoms with Gasteiger partial charge in [0.05, 0.1) is 10.6 Å². The van der Waals surface area contributed by atoms with Crippen LogP contribution in [0.5, 0.6) is 0 Å². The Balaban J connectivity index is 2.20. The lowest BCUT2D eigenvalue weighted by Crippen LogP contribution is -2.44. The van der Waals surface area contributed by atoms with E-state index < -0.39 is 21.4 Å². The lowest BCUT2D eigenvalue weighted by Gasteiger charge is -2.21. The van der Waals surface area contributed by atoms with Crippen LogP contribution < -0.4 is 10.0 Å². The van der Waals surface area contributed by atoms with E-state index in [0.29, 0.717) is 19.5 Å². The van der Waals surface area contributed by atoms with E-state index in [1.165, 1.54) is 13.0 Å². The Bertz CT molecular complexity index is 615. The molecule has 0 aromatic heterocycles. The molecule has 0 saturated carbocycles. The monoisotopic (exact) mass is 322 g/mol. The van der Waals surface area contributed by atoms with Gasteiger partial charge in [0.15, 0.2) is 0 Å². The molecule has 0 bridgehead atoms. The van der Waals surface area contributed by atoms with Crippen molar-refractivity contribution >= 4 is 21.6 Å². The van der Waals surface area contributed by atoms with Gasteiger partial charge in [0, 0.05) is 13.1 Å². The third-order valence-electron chi connectivity index (χ3n) is 3.32. The van der Waals surface area contributed by atoms with Crippen LogP contribution in [0.15, 0.2) is 17.0 Å². The Morgan fingerprint density at radius 1 is 1.55 bits per heavy atom. The SMILES string of the molecule is Cc1cc(S(=O)(=O)NCC2(O)CCNC2)c(Cl)cc1F. The predicted molar refractivity (Wildman–Crippen MR) is 73.8 cm³/mol. The van der Waals surface area contributed by atoms with Gasteiger partial charge in [-0.1, -0.05) is 11.6 Å². The number of nitrogens with one attached hydrogen (secondary N) is 2. The van der Waals surface area contributed by atoms with Crippen LogP contribution in [-0.4, -0.2) is 38.8 Å². The first kappa shape index (κ1) is 15.7. The fourth-order valence-electron chi connectivity index (χ4n) is 2.03. The van der Waals surface area contributed by atoms with Gasteiger partial charge >= 0.3 is 0 Å². The van der Waals surface area contributed by atoms with Crippen molar-refractivity contribution in [1.29, 1.82) is 0 Å². The quantitative estimate of drug-likeness (QED) is 0.766. The third-order valence-corrected chi connectivity index (χ3v) is 5.18. The number of hydrogen-bond acceptors (Lipinski definition) is 4. The van der Waals surface area contributed by atoms with Crippen molar-refractivity contribution in [2.45, 2.75) is 23.8 Å². The van der Waals surface area contributed by atoms with Crippen molar-refractivity contribution in [3.8, 4) is 0 Å². The molecule has 1 aromatic carbocycles. The van der Waals surface area contributed by atoms with Gasteiger partial charge < -0.3 is 10.4 Å². The fraction of sp³-hybridized carbons (Fsp3) is 0.500. The molecule has 0 aliphatic carbocycles. The molecule has 112 valence electrons. The molecule has 0 amide bonds. The molecule has 20 heavy (non-hydrogen) atoms. The van der Waals surface area contributed by atoms with Crippen LogP contribution in [0.1, 0.15) is 12.0 Å². The number of sulfonamides is 1. The second-order valence-electron chi connectivity index (χ2n) is 5.01. The zero-order chi connectivity index (χ0) is 15.0. The zero-order valence-electron chi connectivity index (χ0n) is 10.9. The molecule has 0 spiro atoms. The number of β-amino-alcohol motifs (C(OH)–C–C–N with tert-alkyl or cyclic N) is 1. The summed E-state index contributed by atoms with van der Waals surface area (Å²) in [6.07, 6.45) is 0.464. The van der Waals surface area contributed by atoms with Crippen molar-refractivity contribution in [3.63, 3.8) is 0 Å². The van der Waals surface area contributed by atoms with Crippen molar-refractivity contribution in [1.82, 2.24) is 10.0 Å². The largest absolute Gasteiger partial charge is 0.387 e. The molecule has 1 aliphatic heterocycles. The molecule has 1 saturated heterocycles. The summed E-state index contributed by atoms with van der Waals surface area (Å²) in [5, 5.41) is 12.9. The summed E-state index contributed by atoms with van der Waals surface area (Å²) < 4.78 is 39.9. The minimum absolute atomic E-state index is 0.116. The molecule has 0 radical (unpaired) electrons. The van der Waals surface area contributed by atoms with Gasteiger partial charge in [0.25, 0.3) is 0 Å². The first-order chi connectivity index (χ1) is 9.23. The number of benzene rings is 1. The first-order valence-electron chi connectivity index (χ1n) is 6.12. The number of halogens is 2. The highest BCUT2D eigenvalue weighted by atomic mass is 35.5. The average Bonchev–Trinajstić information content (AvgIpc) is 2.79. The molecule has 1 unspecified atom stereocenters. The van der Waals surface area contributed by atoms with Crippen LogP contribution in [0.3, 0.4) is 0 Å². The van der Waals surface area contributed by atoms with E-state index >= 15 is 0 Å². The highest BCUT2D eigenvalue weighted by Crippen LogP contribution is 2.25. The van der Waals surface area contributed by atoms with Crippen LogP contribution in [0, 0.1) is 12.7 Å². The van der Waals surface area contributed by atoms with Gasteiger partial charge in [0.1, 0.15) is 10.7 Å². The third kappa shape index (κ3) is 3.29. The Kier molecular flexibility index (Phi) is 4.36. The topological polar surface area (TPSA) is 78.4 Å². The molecule has 5 nitrogen and oxygen atoms in total. The van der Waals surface area contributed by atoms with Crippen LogP contribution in [0.25, 0.3) is 0 Å². The van der Waals surface area contributed by atoms with E-state index in [9.17, 15) is 17.9 Å². The maximum absolute atomic E-state index is 13.3. The lowest BCUT2D eigenvalue weighted by molar-refractivity contribution is 0.0667. The lowest BCUT2D eigenvalue weighted by atomic mass is 10.1. The molecular formula is C12H16ClFN2O3S.